The van der Waals surface area contributed by atoms with Gasteiger partial charge in [0.2, 0.25) is 0 Å². The predicted molar refractivity (Wildman–Crippen MR) is 106 cm³/mol. The molecule has 1 N–H and O–H groups in total. The first-order valence-electron chi connectivity index (χ1n) is 7.41. The number of nitrogens with one attached hydrogen (secondary N) is 1. The van der Waals surface area contributed by atoms with E-state index in [0.29, 0.717) is 20.6 Å². The fourth-order valence-corrected chi connectivity index (χ4v) is 3.31. The Balaban J connectivity index is 1.85. The van der Waals surface area contributed by atoms with Crippen molar-refractivity contribution in [1.82, 2.24) is 4.98 Å². The molecule has 0 unspecified atom stereocenters. The third-order valence-electron chi connectivity index (χ3n) is 3.47. The highest BCUT2D eigenvalue weighted by Crippen LogP contribution is 2.30. The van der Waals surface area contributed by atoms with Gasteiger partial charge in [-0.05, 0) is 36.8 Å². The number of nitriles is 1. The lowest BCUT2D eigenvalue weighted by molar-refractivity contribution is 1.36. The molecular weight excluding hydrogens is 373 g/mol. The van der Waals surface area contributed by atoms with Gasteiger partial charge in [-0.3, -0.25) is 0 Å². The number of allylic oxidation sites excluding steroid dienone is 1. The van der Waals surface area contributed by atoms with Crippen LogP contribution in [0, 0.1) is 18.3 Å². The minimum atomic E-state index is 0.470. The SMILES string of the molecule is Cc1cccc(N/C=C(\C#N)c2nc(-c3ccc(Cl)c(Cl)c3)cs2)c1. The van der Waals surface area contributed by atoms with E-state index in [0.717, 1.165) is 22.5 Å². The van der Waals surface area contributed by atoms with Crippen LogP contribution in [0.2, 0.25) is 10.0 Å². The topological polar surface area (TPSA) is 48.7 Å². The van der Waals surface area contributed by atoms with Crippen molar-refractivity contribution in [2.75, 3.05) is 5.32 Å². The number of aryl methyl sites for hydroxylation is 1. The van der Waals surface area contributed by atoms with E-state index in [-0.39, 0.29) is 0 Å². The second kappa shape index (κ2) is 7.71. The molecule has 1 heterocycles. The first-order valence-corrected chi connectivity index (χ1v) is 9.05. The Bertz CT molecular complexity index is 986. The van der Waals surface area contributed by atoms with Crippen molar-refractivity contribution in [3.63, 3.8) is 0 Å². The molecule has 0 spiro atoms. The molecule has 0 aliphatic carbocycles. The Labute approximate surface area is 160 Å². The number of anilines is 1. The van der Waals surface area contributed by atoms with Gasteiger partial charge in [-0.25, -0.2) is 4.98 Å². The van der Waals surface area contributed by atoms with Crippen molar-refractivity contribution in [2.45, 2.75) is 6.92 Å². The number of nitrogens with zero attached hydrogens (tertiary/aromatic N) is 2. The second-order valence-corrected chi connectivity index (χ2v) is 7.02. The predicted octanol–water partition coefficient (Wildman–Crippen LogP) is 6.40. The number of halogens is 2. The number of benzene rings is 2. The van der Waals surface area contributed by atoms with Crippen LogP contribution in [-0.2, 0) is 0 Å². The lowest BCUT2D eigenvalue weighted by Gasteiger charge is -2.02. The van der Waals surface area contributed by atoms with Gasteiger partial charge in [0.15, 0.2) is 0 Å². The number of hydrogen-bond acceptors (Lipinski definition) is 4. The second-order valence-electron chi connectivity index (χ2n) is 5.35. The average Bonchev–Trinajstić information content (AvgIpc) is 3.08. The minimum Gasteiger partial charge on any atom is -0.360 e. The summed E-state index contributed by atoms with van der Waals surface area (Å²) in [5, 5.41) is 16.1. The van der Waals surface area contributed by atoms with Crippen LogP contribution in [-0.4, -0.2) is 4.98 Å². The largest absolute Gasteiger partial charge is 0.360 e. The number of hydrogen-bond donors (Lipinski definition) is 1. The standard InChI is InChI=1S/C19H13Cl2N3S/c1-12-3-2-4-15(7-12)23-10-14(9-22)19-24-18(11-25-19)13-5-6-16(20)17(21)8-13/h2-8,10-11,23H,1H3/b14-10+. The number of thiazole rings is 1. The van der Waals surface area contributed by atoms with Crippen LogP contribution in [0.4, 0.5) is 5.69 Å². The van der Waals surface area contributed by atoms with Crippen LogP contribution in [0.3, 0.4) is 0 Å². The van der Waals surface area contributed by atoms with Gasteiger partial charge in [0, 0.05) is 22.8 Å². The molecule has 0 saturated heterocycles. The summed E-state index contributed by atoms with van der Waals surface area (Å²) in [6.07, 6.45) is 1.67. The van der Waals surface area contributed by atoms with Crippen LogP contribution >= 0.6 is 34.5 Å². The normalized spacial score (nSPS) is 11.2. The van der Waals surface area contributed by atoms with E-state index in [1.54, 1.807) is 18.3 Å². The zero-order chi connectivity index (χ0) is 17.8. The maximum atomic E-state index is 9.44. The van der Waals surface area contributed by atoms with Gasteiger partial charge in [-0.2, -0.15) is 5.26 Å². The van der Waals surface area contributed by atoms with E-state index in [1.807, 2.05) is 42.6 Å². The first kappa shape index (κ1) is 17.5. The summed E-state index contributed by atoms with van der Waals surface area (Å²) in [5.74, 6) is 0. The first-order chi connectivity index (χ1) is 12.1. The van der Waals surface area contributed by atoms with Crippen molar-refractivity contribution >= 4 is 45.8 Å². The lowest BCUT2D eigenvalue weighted by atomic mass is 10.2. The Morgan fingerprint density at radius 2 is 2.04 bits per heavy atom. The van der Waals surface area contributed by atoms with Gasteiger partial charge >= 0.3 is 0 Å². The fraction of sp³-hybridized carbons (Fsp3) is 0.0526. The van der Waals surface area contributed by atoms with Gasteiger partial charge in [0.05, 0.1) is 15.7 Å². The fourth-order valence-electron chi connectivity index (χ4n) is 2.22. The van der Waals surface area contributed by atoms with Crippen molar-refractivity contribution in [3.8, 4) is 17.3 Å². The summed E-state index contributed by atoms with van der Waals surface area (Å²) in [6, 6.07) is 15.5. The molecule has 0 atom stereocenters. The van der Waals surface area contributed by atoms with Crippen LogP contribution in [0.1, 0.15) is 10.6 Å². The van der Waals surface area contributed by atoms with Gasteiger partial charge < -0.3 is 5.32 Å². The van der Waals surface area contributed by atoms with Crippen molar-refractivity contribution in [2.24, 2.45) is 0 Å². The maximum Gasteiger partial charge on any atom is 0.136 e. The highest BCUT2D eigenvalue weighted by Gasteiger charge is 2.10. The molecule has 2 aromatic carbocycles. The quantitative estimate of drug-likeness (QED) is 0.528. The molecule has 0 bridgehead atoms. The lowest BCUT2D eigenvalue weighted by Crippen LogP contribution is -1.91. The molecule has 124 valence electrons. The molecule has 0 amide bonds. The average molecular weight is 386 g/mol. The number of rotatable bonds is 4. The van der Waals surface area contributed by atoms with E-state index in [1.165, 1.54) is 11.3 Å². The monoisotopic (exact) mass is 385 g/mol. The molecular formula is C19H13Cl2N3S. The highest BCUT2D eigenvalue weighted by molar-refractivity contribution is 7.11. The Hall–Kier alpha value is -2.32. The summed E-state index contributed by atoms with van der Waals surface area (Å²) in [4.78, 5) is 4.54. The minimum absolute atomic E-state index is 0.470. The molecule has 0 radical (unpaired) electrons. The Morgan fingerprint density at radius 3 is 2.76 bits per heavy atom. The van der Waals surface area contributed by atoms with Crippen LogP contribution in [0.5, 0.6) is 0 Å². The summed E-state index contributed by atoms with van der Waals surface area (Å²) >= 11 is 13.4. The molecule has 0 aliphatic heterocycles. The molecule has 0 fully saturated rings. The van der Waals surface area contributed by atoms with Crippen molar-refractivity contribution < 1.29 is 0 Å². The summed E-state index contributed by atoms with van der Waals surface area (Å²) in [5.41, 5.74) is 4.16. The van der Waals surface area contributed by atoms with Crippen LogP contribution in [0.15, 0.2) is 54.0 Å². The molecule has 0 aliphatic rings. The maximum absolute atomic E-state index is 9.44. The van der Waals surface area contributed by atoms with Crippen LogP contribution < -0.4 is 5.32 Å². The van der Waals surface area contributed by atoms with Gasteiger partial charge in [-0.15, -0.1) is 11.3 Å². The van der Waals surface area contributed by atoms with Crippen LogP contribution in [0.25, 0.3) is 16.8 Å². The summed E-state index contributed by atoms with van der Waals surface area (Å²) in [7, 11) is 0. The third-order valence-corrected chi connectivity index (χ3v) is 5.09. The Morgan fingerprint density at radius 1 is 1.20 bits per heavy atom. The zero-order valence-electron chi connectivity index (χ0n) is 13.3. The van der Waals surface area contributed by atoms with E-state index in [9.17, 15) is 5.26 Å². The third kappa shape index (κ3) is 4.21. The zero-order valence-corrected chi connectivity index (χ0v) is 15.6. The highest BCUT2D eigenvalue weighted by atomic mass is 35.5. The van der Waals surface area contributed by atoms with Gasteiger partial charge in [-0.1, -0.05) is 41.4 Å². The van der Waals surface area contributed by atoms with Crippen molar-refractivity contribution in [3.05, 3.63) is 74.7 Å². The molecule has 3 aromatic rings. The molecule has 1 aromatic heterocycles. The smallest absolute Gasteiger partial charge is 0.136 e. The van der Waals surface area contributed by atoms with E-state index < -0.39 is 0 Å². The molecule has 25 heavy (non-hydrogen) atoms. The summed E-state index contributed by atoms with van der Waals surface area (Å²) < 4.78 is 0. The van der Waals surface area contributed by atoms with E-state index in [4.69, 9.17) is 23.2 Å². The molecule has 6 heteroatoms. The molecule has 0 saturated carbocycles. The van der Waals surface area contributed by atoms with Crippen molar-refractivity contribution in [1.29, 1.82) is 5.26 Å². The summed E-state index contributed by atoms with van der Waals surface area (Å²) in [6.45, 7) is 2.02. The molecule has 3 rings (SSSR count). The van der Waals surface area contributed by atoms with Gasteiger partial charge in [0.1, 0.15) is 16.6 Å². The Kier molecular flexibility index (Phi) is 5.40. The van der Waals surface area contributed by atoms with Gasteiger partial charge in [0.25, 0.3) is 0 Å². The molecule has 3 nitrogen and oxygen atoms in total. The van der Waals surface area contributed by atoms with E-state index >= 15 is 0 Å². The van der Waals surface area contributed by atoms with E-state index in [2.05, 4.69) is 16.4 Å². The number of aromatic nitrogens is 1.